The summed E-state index contributed by atoms with van der Waals surface area (Å²) < 4.78 is 19.1. The van der Waals surface area contributed by atoms with Crippen LogP contribution in [0.1, 0.15) is 55.0 Å². The number of hydrogen-bond acceptors (Lipinski definition) is 8. The van der Waals surface area contributed by atoms with Crippen molar-refractivity contribution in [2.24, 2.45) is 0 Å². The summed E-state index contributed by atoms with van der Waals surface area (Å²) in [6, 6.07) is 8.93. The van der Waals surface area contributed by atoms with E-state index in [-0.39, 0.29) is 29.5 Å². The fraction of sp³-hybridized carbons (Fsp3) is 0.433. The Balaban J connectivity index is 1.34. The largest absolute Gasteiger partial charge is 0.469 e. The Labute approximate surface area is 234 Å². The van der Waals surface area contributed by atoms with Gasteiger partial charge in [0.2, 0.25) is 0 Å². The molecule has 1 amide bonds. The number of nitrogens with zero attached hydrogens (tertiary/aromatic N) is 6. The predicted molar refractivity (Wildman–Crippen MR) is 150 cm³/mol. The Kier molecular flexibility index (Phi) is 6.97. The number of pyridine rings is 1. The van der Waals surface area contributed by atoms with Crippen LogP contribution in [0.3, 0.4) is 0 Å². The van der Waals surface area contributed by atoms with Crippen LogP contribution in [0, 0.1) is 12.7 Å². The third-order valence-electron chi connectivity index (χ3n) is 7.75. The lowest BCUT2D eigenvalue weighted by molar-refractivity contribution is -0.139. The number of aromatic nitrogens is 3. The van der Waals surface area contributed by atoms with Crippen LogP contribution in [0.5, 0.6) is 0 Å². The number of carbonyl (C=O) groups excluding carboxylic acids is 2. The van der Waals surface area contributed by atoms with Crippen molar-refractivity contribution in [1.82, 2.24) is 19.9 Å². The zero-order valence-corrected chi connectivity index (χ0v) is 23.9. The van der Waals surface area contributed by atoms with E-state index < -0.39 is 5.54 Å². The molecule has 2 aliphatic heterocycles. The molecule has 40 heavy (non-hydrogen) atoms. The van der Waals surface area contributed by atoms with Gasteiger partial charge in [-0.1, -0.05) is 26.0 Å². The summed E-state index contributed by atoms with van der Waals surface area (Å²) in [5.41, 5.74) is 2.25. The van der Waals surface area contributed by atoms with Gasteiger partial charge in [0.05, 0.1) is 31.0 Å². The first-order valence-electron chi connectivity index (χ1n) is 13.4. The Morgan fingerprint density at radius 1 is 1.02 bits per heavy atom. The maximum absolute atomic E-state index is 14.3. The molecule has 10 heteroatoms. The zero-order valence-electron chi connectivity index (χ0n) is 23.9. The number of esters is 1. The SMILES string of the molecule is COC(=O)Cc1ccc(N2CCN(C(=O)c3cnc4c(n3)C(C)(C)CN4c3ccc(C)c(F)c3)C(C)(C)C2)nc1. The fourth-order valence-electron chi connectivity index (χ4n) is 5.46. The minimum atomic E-state index is -0.497. The van der Waals surface area contributed by atoms with Crippen molar-refractivity contribution in [2.45, 2.75) is 52.0 Å². The summed E-state index contributed by atoms with van der Waals surface area (Å²) in [6.07, 6.45) is 3.40. The third kappa shape index (κ3) is 5.10. The van der Waals surface area contributed by atoms with E-state index in [1.54, 1.807) is 19.2 Å². The summed E-state index contributed by atoms with van der Waals surface area (Å²) in [4.78, 5) is 45.3. The summed E-state index contributed by atoms with van der Waals surface area (Å²) in [6.45, 7) is 12.2. The van der Waals surface area contributed by atoms with Gasteiger partial charge in [0, 0.05) is 43.5 Å². The Bertz CT molecular complexity index is 1460. The van der Waals surface area contributed by atoms with Crippen molar-refractivity contribution in [3.63, 3.8) is 0 Å². The molecule has 0 N–H and O–H groups in total. The lowest BCUT2D eigenvalue weighted by Crippen LogP contribution is -2.61. The molecule has 0 aliphatic carbocycles. The molecule has 9 nitrogen and oxygen atoms in total. The van der Waals surface area contributed by atoms with E-state index in [0.717, 1.165) is 17.1 Å². The molecule has 2 aliphatic rings. The highest BCUT2D eigenvalue weighted by molar-refractivity contribution is 5.93. The molecule has 1 saturated heterocycles. The molecule has 0 atom stereocenters. The zero-order chi connectivity index (χ0) is 28.8. The Hall–Kier alpha value is -4.08. The van der Waals surface area contributed by atoms with Crippen molar-refractivity contribution < 1.29 is 18.7 Å². The van der Waals surface area contributed by atoms with Gasteiger partial charge in [-0.3, -0.25) is 9.59 Å². The molecule has 1 aromatic carbocycles. The third-order valence-corrected chi connectivity index (χ3v) is 7.75. The molecule has 0 bridgehead atoms. The van der Waals surface area contributed by atoms with Gasteiger partial charge in [-0.2, -0.15) is 0 Å². The highest BCUT2D eigenvalue weighted by atomic mass is 19.1. The van der Waals surface area contributed by atoms with E-state index in [2.05, 4.69) is 28.7 Å². The number of piperazine rings is 1. The number of methoxy groups -OCH3 is 1. The van der Waals surface area contributed by atoms with Crippen LogP contribution >= 0.6 is 0 Å². The molecule has 4 heterocycles. The fourth-order valence-corrected chi connectivity index (χ4v) is 5.46. The van der Waals surface area contributed by atoms with Crippen molar-refractivity contribution in [1.29, 1.82) is 0 Å². The number of amides is 1. The molecule has 0 radical (unpaired) electrons. The molecule has 0 unspecified atom stereocenters. The molecule has 210 valence electrons. The lowest BCUT2D eigenvalue weighted by Gasteiger charge is -2.47. The van der Waals surface area contributed by atoms with Gasteiger partial charge in [0.1, 0.15) is 17.3 Å². The number of fused-ring (bicyclic) bond motifs is 1. The number of ether oxygens (including phenoxy) is 1. The lowest BCUT2D eigenvalue weighted by atomic mass is 9.92. The minimum Gasteiger partial charge on any atom is -0.469 e. The average molecular weight is 547 g/mol. The Morgan fingerprint density at radius 3 is 2.45 bits per heavy atom. The second kappa shape index (κ2) is 10.1. The van der Waals surface area contributed by atoms with Gasteiger partial charge in [0.25, 0.3) is 5.91 Å². The minimum absolute atomic E-state index is 0.169. The number of hydrogen-bond donors (Lipinski definition) is 0. The Morgan fingerprint density at radius 2 is 1.80 bits per heavy atom. The van der Waals surface area contributed by atoms with Crippen molar-refractivity contribution in [2.75, 3.05) is 43.1 Å². The molecule has 3 aromatic rings. The van der Waals surface area contributed by atoms with Crippen LogP contribution in [0.4, 0.5) is 21.7 Å². The average Bonchev–Trinajstić information content (AvgIpc) is 3.19. The topological polar surface area (TPSA) is 91.8 Å². The van der Waals surface area contributed by atoms with Gasteiger partial charge in [-0.25, -0.2) is 19.3 Å². The van der Waals surface area contributed by atoms with Crippen molar-refractivity contribution >= 4 is 29.2 Å². The van der Waals surface area contributed by atoms with Gasteiger partial charge in [0.15, 0.2) is 5.82 Å². The monoisotopic (exact) mass is 546 g/mol. The van der Waals surface area contributed by atoms with Gasteiger partial charge >= 0.3 is 5.97 Å². The predicted octanol–water partition coefficient (Wildman–Crippen LogP) is 4.20. The van der Waals surface area contributed by atoms with E-state index in [4.69, 9.17) is 9.72 Å². The standard InChI is InChI=1S/C30H35FN6O3/c1-19-7-9-21(14-22(19)31)36-17-29(2,3)26-27(36)33-16-23(34-26)28(39)37-12-11-35(18-30(37,4)5)24-10-8-20(15-32-24)13-25(38)40-6/h7-10,14-16H,11-13,17-18H2,1-6H3. The van der Waals surface area contributed by atoms with E-state index in [0.29, 0.717) is 48.9 Å². The first-order chi connectivity index (χ1) is 18.9. The van der Waals surface area contributed by atoms with Crippen LogP contribution in [-0.2, 0) is 21.4 Å². The molecule has 5 rings (SSSR count). The van der Waals surface area contributed by atoms with Crippen LogP contribution in [-0.4, -0.2) is 70.6 Å². The number of rotatable bonds is 5. The molecule has 1 fully saturated rings. The second-order valence-corrected chi connectivity index (χ2v) is 11.8. The van der Waals surface area contributed by atoms with Crippen LogP contribution in [0.2, 0.25) is 0 Å². The first-order valence-corrected chi connectivity index (χ1v) is 13.4. The van der Waals surface area contributed by atoms with Gasteiger partial charge in [-0.15, -0.1) is 0 Å². The summed E-state index contributed by atoms with van der Waals surface area (Å²) >= 11 is 0. The number of benzene rings is 1. The number of halogens is 1. The van der Waals surface area contributed by atoms with Crippen molar-refractivity contribution in [3.05, 3.63) is 71.1 Å². The smallest absolute Gasteiger partial charge is 0.310 e. The second-order valence-electron chi connectivity index (χ2n) is 11.8. The van der Waals surface area contributed by atoms with Crippen LogP contribution < -0.4 is 9.80 Å². The van der Waals surface area contributed by atoms with Gasteiger partial charge < -0.3 is 19.4 Å². The van der Waals surface area contributed by atoms with Crippen LogP contribution in [0.15, 0.2) is 42.7 Å². The highest BCUT2D eigenvalue weighted by Gasteiger charge is 2.42. The van der Waals surface area contributed by atoms with E-state index in [1.807, 2.05) is 41.8 Å². The number of aryl methyl sites for hydroxylation is 1. The normalized spacial score (nSPS) is 17.5. The molecule has 0 saturated carbocycles. The summed E-state index contributed by atoms with van der Waals surface area (Å²) in [5, 5.41) is 0. The molecule has 2 aromatic heterocycles. The number of anilines is 3. The molecule has 0 spiro atoms. The van der Waals surface area contributed by atoms with Crippen molar-refractivity contribution in [3.8, 4) is 0 Å². The quantitative estimate of drug-likeness (QED) is 0.440. The highest BCUT2D eigenvalue weighted by Crippen LogP contribution is 2.42. The maximum atomic E-state index is 14.3. The molecular formula is C30H35FN6O3. The molecular weight excluding hydrogens is 511 g/mol. The van der Waals surface area contributed by atoms with Crippen LogP contribution in [0.25, 0.3) is 0 Å². The van der Waals surface area contributed by atoms with E-state index in [9.17, 15) is 14.0 Å². The van der Waals surface area contributed by atoms with Gasteiger partial charge in [-0.05, 0) is 50.1 Å². The van der Waals surface area contributed by atoms with E-state index in [1.165, 1.54) is 19.4 Å². The first kappa shape index (κ1) is 27.5. The maximum Gasteiger partial charge on any atom is 0.310 e. The van der Waals surface area contributed by atoms with E-state index >= 15 is 0 Å². The number of carbonyl (C=O) groups is 2. The summed E-state index contributed by atoms with van der Waals surface area (Å²) in [7, 11) is 1.37. The summed E-state index contributed by atoms with van der Waals surface area (Å²) in [5.74, 6) is 0.697.